The molecule has 1 aromatic heterocycles. The number of hydrogen-bond donors (Lipinski definition) is 1. The molecule has 2 aromatic rings. The fraction of sp³-hybridized carbons (Fsp3) is 0.333. The quantitative estimate of drug-likeness (QED) is 0.864. The number of para-hydroxylation sites is 1. The van der Waals surface area contributed by atoms with E-state index in [1.807, 2.05) is 24.3 Å². The van der Waals surface area contributed by atoms with Crippen LogP contribution in [0.5, 0.6) is 0 Å². The molecule has 3 heteroatoms. The number of ketones is 1. The summed E-state index contributed by atoms with van der Waals surface area (Å²) < 4.78 is 0. The summed E-state index contributed by atoms with van der Waals surface area (Å²) in [5.41, 5.74) is 3.52. The second-order valence-corrected chi connectivity index (χ2v) is 6.44. The maximum Gasteiger partial charge on any atom is 0.167 e. The summed E-state index contributed by atoms with van der Waals surface area (Å²) >= 11 is 0. The summed E-state index contributed by atoms with van der Waals surface area (Å²) in [6.07, 6.45) is 3.21. The second kappa shape index (κ2) is 4.99. The van der Waals surface area contributed by atoms with Crippen LogP contribution >= 0.6 is 0 Å². The number of nitrogens with zero attached hydrogens (tertiary/aromatic N) is 1. The van der Waals surface area contributed by atoms with Gasteiger partial charge in [0, 0.05) is 18.4 Å². The first-order valence-corrected chi connectivity index (χ1v) is 7.31. The number of pyridine rings is 1. The summed E-state index contributed by atoms with van der Waals surface area (Å²) in [5.74, 6) is 0.186. The first-order chi connectivity index (χ1) is 10.0. The number of carbonyl (C=O) groups is 1. The summed E-state index contributed by atoms with van der Waals surface area (Å²) in [5, 5.41) is 4.35. The standard InChI is InChI=1S/C18H20N2O/c1-4-9-19-17-12-7-5-6-8-13(12)20-14-10-18(2,3)11-15(21)16(14)17/h4-8H,1,9-11H2,2-3H3,(H,19,20). The van der Waals surface area contributed by atoms with Gasteiger partial charge in [-0.1, -0.05) is 38.1 Å². The summed E-state index contributed by atoms with van der Waals surface area (Å²) in [7, 11) is 0. The normalized spacial score (nSPS) is 16.6. The molecule has 0 saturated heterocycles. The molecule has 1 aliphatic carbocycles. The van der Waals surface area contributed by atoms with Gasteiger partial charge in [-0.15, -0.1) is 6.58 Å². The van der Waals surface area contributed by atoms with Crippen molar-refractivity contribution in [1.29, 1.82) is 0 Å². The topological polar surface area (TPSA) is 42.0 Å². The lowest BCUT2D eigenvalue weighted by molar-refractivity contribution is 0.0911. The average Bonchev–Trinajstić information content (AvgIpc) is 2.42. The van der Waals surface area contributed by atoms with Crippen LogP contribution in [0.4, 0.5) is 5.69 Å². The van der Waals surface area contributed by atoms with Crippen LogP contribution in [0.2, 0.25) is 0 Å². The zero-order chi connectivity index (χ0) is 15.0. The molecule has 3 nitrogen and oxygen atoms in total. The lowest BCUT2D eigenvalue weighted by Crippen LogP contribution is -2.29. The SMILES string of the molecule is C=CCNc1c2c(nc3ccccc13)CC(C)(C)CC2=O. The molecular formula is C18H20N2O. The first-order valence-electron chi connectivity index (χ1n) is 7.31. The Balaban J connectivity index is 2.27. The maximum atomic E-state index is 12.6. The number of benzene rings is 1. The first kappa shape index (κ1) is 13.8. The number of rotatable bonds is 3. The van der Waals surface area contributed by atoms with Gasteiger partial charge in [-0.2, -0.15) is 0 Å². The van der Waals surface area contributed by atoms with E-state index in [1.165, 1.54) is 0 Å². The van der Waals surface area contributed by atoms with Crippen LogP contribution in [0.1, 0.15) is 36.3 Å². The maximum absolute atomic E-state index is 12.6. The van der Waals surface area contributed by atoms with Gasteiger partial charge in [0.15, 0.2) is 5.78 Å². The van der Waals surface area contributed by atoms with Gasteiger partial charge in [-0.3, -0.25) is 9.78 Å². The third-order valence-electron chi connectivity index (χ3n) is 3.95. The Morgan fingerprint density at radius 2 is 2.10 bits per heavy atom. The van der Waals surface area contributed by atoms with Gasteiger partial charge >= 0.3 is 0 Å². The Morgan fingerprint density at radius 3 is 2.86 bits per heavy atom. The van der Waals surface area contributed by atoms with Gasteiger partial charge in [0.1, 0.15) is 0 Å². The van der Waals surface area contributed by atoms with Crippen molar-refractivity contribution in [3.8, 4) is 0 Å². The van der Waals surface area contributed by atoms with Gasteiger partial charge in [-0.25, -0.2) is 0 Å². The number of hydrogen-bond acceptors (Lipinski definition) is 3. The van der Waals surface area contributed by atoms with E-state index in [9.17, 15) is 4.79 Å². The molecule has 0 unspecified atom stereocenters. The highest BCUT2D eigenvalue weighted by Crippen LogP contribution is 2.39. The second-order valence-electron chi connectivity index (χ2n) is 6.44. The molecule has 3 rings (SSSR count). The Labute approximate surface area is 125 Å². The molecule has 1 heterocycles. The molecule has 0 atom stereocenters. The third kappa shape index (κ3) is 2.44. The molecule has 0 fully saturated rings. The van der Waals surface area contributed by atoms with Crippen molar-refractivity contribution in [2.24, 2.45) is 5.41 Å². The van der Waals surface area contributed by atoms with Crippen LogP contribution in [0.15, 0.2) is 36.9 Å². The zero-order valence-electron chi connectivity index (χ0n) is 12.6. The van der Waals surface area contributed by atoms with E-state index in [0.717, 1.165) is 34.3 Å². The molecule has 0 radical (unpaired) electrons. The van der Waals surface area contributed by atoms with E-state index in [2.05, 4.69) is 25.7 Å². The highest BCUT2D eigenvalue weighted by Gasteiger charge is 2.34. The minimum Gasteiger partial charge on any atom is -0.380 e. The van der Waals surface area contributed by atoms with Crippen molar-refractivity contribution in [3.05, 3.63) is 48.2 Å². The average molecular weight is 280 g/mol. The lowest BCUT2D eigenvalue weighted by Gasteiger charge is -2.31. The van der Waals surface area contributed by atoms with Crippen molar-refractivity contribution < 1.29 is 4.79 Å². The Kier molecular flexibility index (Phi) is 3.28. The number of carbonyl (C=O) groups excluding carboxylic acids is 1. The van der Waals surface area contributed by atoms with E-state index in [1.54, 1.807) is 6.08 Å². The minimum absolute atomic E-state index is 0.0186. The van der Waals surface area contributed by atoms with Gasteiger partial charge in [0.2, 0.25) is 0 Å². The summed E-state index contributed by atoms with van der Waals surface area (Å²) in [6, 6.07) is 7.98. The van der Waals surface area contributed by atoms with Gasteiger partial charge in [0.25, 0.3) is 0 Å². The number of fused-ring (bicyclic) bond motifs is 2. The molecule has 108 valence electrons. The van der Waals surface area contributed by atoms with Crippen molar-refractivity contribution in [1.82, 2.24) is 4.98 Å². The van der Waals surface area contributed by atoms with Crippen molar-refractivity contribution >= 4 is 22.4 Å². The smallest absolute Gasteiger partial charge is 0.167 e. The van der Waals surface area contributed by atoms with Gasteiger partial charge in [0.05, 0.1) is 22.5 Å². The van der Waals surface area contributed by atoms with Crippen LogP contribution in [0, 0.1) is 5.41 Å². The summed E-state index contributed by atoms with van der Waals surface area (Å²) in [4.78, 5) is 17.4. The molecule has 0 bridgehead atoms. The van der Waals surface area contributed by atoms with Crippen LogP contribution in [0.25, 0.3) is 10.9 Å². The molecule has 0 saturated carbocycles. The Bertz CT molecular complexity index is 731. The highest BCUT2D eigenvalue weighted by atomic mass is 16.1. The molecule has 0 amide bonds. The molecule has 0 spiro atoms. The number of anilines is 1. The zero-order valence-corrected chi connectivity index (χ0v) is 12.6. The predicted molar refractivity (Wildman–Crippen MR) is 86.9 cm³/mol. The van der Waals surface area contributed by atoms with E-state index in [4.69, 9.17) is 4.98 Å². The Morgan fingerprint density at radius 1 is 1.33 bits per heavy atom. The van der Waals surface area contributed by atoms with Crippen LogP contribution < -0.4 is 5.32 Å². The van der Waals surface area contributed by atoms with E-state index in [-0.39, 0.29) is 11.2 Å². The molecule has 21 heavy (non-hydrogen) atoms. The van der Waals surface area contributed by atoms with Crippen LogP contribution in [-0.4, -0.2) is 17.3 Å². The van der Waals surface area contributed by atoms with E-state index in [0.29, 0.717) is 13.0 Å². The molecule has 0 aliphatic heterocycles. The fourth-order valence-corrected chi connectivity index (χ4v) is 3.09. The van der Waals surface area contributed by atoms with Crippen LogP contribution in [-0.2, 0) is 6.42 Å². The third-order valence-corrected chi connectivity index (χ3v) is 3.95. The highest BCUT2D eigenvalue weighted by molar-refractivity contribution is 6.10. The van der Waals surface area contributed by atoms with Gasteiger partial charge < -0.3 is 5.32 Å². The fourth-order valence-electron chi connectivity index (χ4n) is 3.09. The van der Waals surface area contributed by atoms with Crippen molar-refractivity contribution in [2.75, 3.05) is 11.9 Å². The number of nitrogens with one attached hydrogen (secondary N) is 1. The molecule has 1 aliphatic rings. The van der Waals surface area contributed by atoms with E-state index >= 15 is 0 Å². The lowest BCUT2D eigenvalue weighted by atomic mass is 9.75. The number of aromatic nitrogens is 1. The Hall–Kier alpha value is -2.16. The number of Topliss-reactive ketones (excluding diaryl/α,β-unsaturated/α-hetero) is 1. The largest absolute Gasteiger partial charge is 0.380 e. The van der Waals surface area contributed by atoms with Gasteiger partial charge in [-0.05, 0) is 17.9 Å². The predicted octanol–water partition coefficient (Wildman–Crippen LogP) is 3.99. The molecular weight excluding hydrogens is 260 g/mol. The van der Waals surface area contributed by atoms with E-state index < -0.39 is 0 Å². The minimum atomic E-state index is -0.0186. The monoisotopic (exact) mass is 280 g/mol. The molecule has 1 N–H and O–H groups in total. The van der Waals surface area contributed by atoms with Crippen molar-refractivity contribution in [2.45, 2.75) is 26.7 Å². The van der Waals surface area contributed by atoms with Crippen LogP contribution in [0.3, 0.4) is 0 Å². The summed E-state index contributed by atoms with van der Waals surface area (Å²) in [6.45, 7) is 8.64. The van der Waals surface area contributed by atoms with Crippen molar-refractivity contribution in [3.63, 3.8) is 0 Å². The molecule has 1 aromatic carbocycles.